The van der Waals surface area contributed by atoms with Crippen molar-refractivity contribution in [3.05, 3.63) is 35.9 Å². The molecular formula is C21H36. The normalized spacial score (nSPS) is 17.3. The van der Waals surface area contributed by atoms with Crippen molar-refractivity contribution in [3.8, 4) is 0 Å². The molecule has 3 atom stereocenters. The lowest BCUT2D eigenvalue weighted by molar-refractivity contribution is 0.192. The van der Waals surface area contributed by atoms with Gasteiger partial charge in [-0.05, 0) is 47.0 Å². The maximum absolute atomic E-state index is 2.41. The van der Waals surface area contributed by atoms with Gasteiger partial charge in [0.1, 0.15) is 0 Å². The Hall–Kier alpha value is -0.780. The highest BCUT2D eigenvalue weighted by Gasteiger charge is 2.28. The number of hydrogen-bond acceptors (Lipinski definition) is 0. The molecule has 0 aromatic heterocycles. The molecule has 0 heteroatoms. The van der Waals surface area contributed by atoms with E-state index in [-0.39, 0.29) is 0 Å². The highest BCUT2D eigenvalue weighted by molar-refractivity contribution is 5.20. The third-order valence-electron chi connectivity index (χ3n) is 5.50. The molecule has 0 saturated heterocycles. The number of rotatable bonds is 5. The van der Waals surface area contributed by atoms with Gasteiger partial charge in [0.25, 0.3) is 0 Å². The van der Waals surface area contributed by atoms with Crippen LogP contribution in [0.25, 0.3) is 0 Å². The lowest BCUT2D eigenvalue weighted by Crippen LogP contribution is -2.24. The summed E-state index contributed by atoms with van der Waals surface area (Å²) in [6.07, 6.45) is 2.57. The van der Waals surface area contributed by atoms with Crippen LogP contribution in [0.5, 0.6) is 0 Å². The molecule has 21 heavy (non-hydrogen) atoms. The molecule has 120 valence electrons. The van der Waals surface area contributed by atoms with Gasteiger partial charge in [0, 0.05) is 0 Å². The molecule has 1 aromatic rings. The largest absolute Gasteiger partial charge is 0.0622 e. The van der Waals surface area contributed by atoms with Gasteiger partial charge in [0.15, 0.2) is 0 Å². The van der Waals surface area contributed by atoms with Crippen molar-refractivity contribution in [3.63, 3.8) is 0 Å². The van der Waals surface area contributed by atoms with Crippen LogP contribution >= 0.6 is 0 Å². The zero-order chi connectivity index (χ0) is 16.3. The molecule has 0 aliphatic rings. The first kappa shape index (κ1) is 18.3. The van der Waals surface area contributed by atoms with E-state index in [2.05, 4.69) is 85.7 Å². The van der Waals surface area contributed by atoms with E-state index >= 15 is 0 Å². The smallest absolute Gasteiger partial charge is 0.0156 e. The lowest BCUT2D eigenvalue weighted by Gasteiger charge is -2.35. The minimum absolute atomic E-state index is 0.387. The summed E-state index contributed by atoms with van der Waals surface area (Å²) in [5, 5.41) is 0. The Morgan fingerprint density at radius 3 is 1.43 bits per heavy atom. The third kappa shape index (κ3) is 5.85. The summed E-state index contributed by atoms with van der Waals surface area (Å²) in [6, 6.07) is 11.1. The Morgan fingerprint density at radius 1 is 0.714 bits per heavy atom. The molecular weight excluding hydrogens is 252 g/mol. The molecule has 1 aromatic carbocycles. The van der Waals surface area contributed by atoms with Gasteiger partial charge >= 0.3 is 0 Å². The highest BCUT2D eigenvalue weighted by atomic mass is 14.3. The van der Waals surface area contributed by atoms with Crippen LogP contribution in [0.4, 0.5) is 0 Å². The van der Waals surface area contributed by atoms with Crippen LogP contribution < -0.4 is 0 Å². The van der Waals surface area contributed by atoms with Gasteiger partial charge in [0.05, 0.1) is 0 Å². The fourth-order valence-electron chi connectivity index (χ4n) is 2.65. The van der Waals surface area contributed by atoms with Crippen molar-refractivity contribution in [2.45, 2.75) is 74.1 Å². The highest BCUT2D eigenvalue weighted by Crippen LogP contribution is 2.40. The Kier molecular flexibility index (Phi) is 6.08. The standard InChI is InChI=1S/C21H36/c1-16(20(3,4)5)14-19(15-17(2)21(6,7)8)18-12-10-9-11-13-18/h9-13,16-17,19H,14-15H2,1-8H3/t16-,17+,19?. The second-order valence-electron chi connectivity index (χ2n) is 9.11. The first-order chi connectivity index (χ1) is 9.51. The van der Waals surface area contributed by atoms with Gasteiger partial charge in [-0.1, -0.05) is 85.7 Å². The third-order valence-corrected chi connectivity index (χ3v) is 5.50. The zero-order valence-electron chi connectivity index (χ0n) is 15.5. The Balaban J connectivity index is 2.91. The summed E-state index contributed by atoms with van der Waals surface area (Å²) in [4.78, 5) is 0. The summed E-state index contributed by atoms with van der Waals surface area (Å²) in [6.45, 7) is 19.0. The van der Waals surface area contributed by atoms with E-state index in [4.69, 9.17) is 0 Å². The number of benzene rings is 1. The van der Waals surface area contributed by atoms with Crippen LogP contribution in [-0.2, 0) is 0 Å². The molecule has 0 aliphatic heterocycles. The molecule has 0 saturated carbocycles. The van der Waals surface area contributed by atoms with Gasteiger partial charge in [-0.25, -0.2) is 0 Å². The second kappa shape index (κ2) is 6.99. The van der Waals surface area contributed by atoms with Crippen molar-refractivity contribution in [2.24, 2.45) is 22.7 Å². The van der Waals surface area contributed by atoms with Crippen molar-refractivity contribution in [1.29, 1.82) is 0 Å². The molecule has 1 rings (SSSR count). The maximum atomic E-state index is 2.41. The molecule has 0 N–H and O–H groups in total. The van der Waals surface area contributed by atoms with Gasteiger partial charge in [-0.2, -0.15) is 0 Å². The topological polar surface area (TPSA) is 0 Å². The first-order valence-electron chi connectivity index (χ1n) is 8.56. The van der Waals surface area contributed by atoms with Crippen LogP contribution in [0.2, 0.25) is 0 Å². The summed E-state index contributed by atoms with van der Waals surface area (Å²) >= 11 is 0. The molecule has 1 unspecified atom stereocenters. The van der Waals surface area contributed by atoms with Crippen molar-refractivity contribution >= 4 is 0 Å². The fraction of sp³-hybridized carbons (Fsp3) is 0.714. The average Bonchev–Trinajstić information content (AvgIpc) is 2.36. The van der Waals surface area contributed by atoms with Gasteiger partial charge in [0.2, 0.25) is 0 Å². The van der Waals surface area contributed by atoms with E-state index in [1.807, 2.05) is 0 Å². The minimum atomic E-state index is 0.387. The molecule has 0 nitrogen and oxygen atoms in total. The summed E-state index contributed by atoms with van der Waals surface area (Å²) in [7, 11) is 0. The van der Waals surface area contributed by atoms with Crippen molar-refractivity contribution in [2.75, 3.05) is 0 Å². The molecule has 0 amide bonds. The summed E-state index contributed by atoms with van der Waals surface area (Å²) in [5.41, 5.74) is 2.29. The molecule has 0 spiro atoms. The van der Waals surface area contributed by atoms with Gasteiger partial charge < -0.3 is 0 Å². The molecule has 0 radical (unpaired) electrons. The Labute approximate surface area is 133 Å². The van der Waals surface area contributed by atoms with E-state index < -0.39 is 0 Å². The van der Waals surface area contributed by atoms with Crippen LogP contribution in [0.3, 0.4) is 0 Å². The maximum Gasteiger partial charge on any atom is -0.0156 e. The van der Waals surface area contributed by atoms with Crippen LogP contribution in [0.15, 0.2) is 30.3 Å². The molecule has 0 bridgehead atoms. The monoisotopic (exact) mass is 288 g/mol. The summed E-state index contributed by atoms with van der Waals surface area (Å²) < 4.78 is 0. The SMILES string of the molecule is C[C@H](CC(C[C@H](C)C(C)(C)C)c1ccccc1)C(C)(C)C. The van der Waals surface area contributed by atoms with Crippen LogP contribution in [-0.4, -0.2) is 0 Å². The molecule has 0 heterocycles. The Bertz CT molecular complexity index is 380. The zero-order valence-corrected chi connectivity index (χ0v) is 15.5. The van der Waals surface area contributed by atoms with Crippen molar-refractivity contribution in [1.82, 2.24) is 0 Å². The van der Waals surface area contributed by atoms with Crippen LogP contribution in [0.1, 0.15) is 79.7 Å². The average molecular weight is 289 g/mol. The van der Waals surface area contributed by atoms with Gasteiger partial charge in [-0.3, -0.25) is 0 Å². The molecule has 0 fully saturated rings. The van der Waals surface area contributed by atoms with E-state index in [9.17, 15) is 0 Å². The van der Waals surface area contributed by atoms with Crippen LogP contribution in [0, 0.1) is 22.7 Å². The van der Waals surface area contributed by atoms with E-state index in [1.165, 1.54) is 18.4 Å². The predicted molar refractivity (Wildman–Crippen MR) is 95.7 cm³/mol. The second-order valence-corrected chi connectivity index (χ2v) is 9.11. The predicted octanol–water partition coefficient (Wildman–Crippen LogP) is 6.91. The minimum Gasteiger partial charge on any atom is -0.0622 e. The van der Waals surface area contributed by atoms with Gasteiger partial charge in [-0.15, -0.1) is 0 Å². The molecule has 0 aliphatic carbocycles. The first-order valence-corrected chi connectivity index (χ1v) is 8.56. The number of hydrogen-bond donors (Lipinski definition) is 0. The van der Waals surface area contributed by atoms with Crippen molar-refractivity contribution < 1.29 is 0 Å². The fourth-order valence-corrected chi connectivity index (χ4v) is 2.65. The van der Waals surface area contributed by atoms with E-state index in [0.717, 1.165) is 11.8 Å². The summed E-state index contributed by atoms with van der Waals surface area (Å²) in [5.74, 6) is 2.14. The van der Waals surface area contributed by atoms with E-state index in [0.29, 0.717) is 16.7 Å². The lowest BCUT2D eigenvalue weighted by atomic mass is 9.70. The Morgan fingerprint density at radius 2 is 1.10 bits per heavy atom. The quantitative estimate of drug-likeness (QED) is 0.552. The van der Waals surface area contributed by atoms with E-state index in [1.54, 1.807) is 0 Å².